The predicted octanol–water partition coefficient (Wildman–Crippen LogP) is 11.1. The summed E-state index contributed by atoms with van der Waals surface area (Å²) in [6.45, 7) is -4.31. The second-order valence-corrected chi connectivity index (χ2v) is 10.0. The lowest BCUT2D eigenvalue weighted by Gasteiger charge is -2.40. The molecule has 320 valence electrons. The van der Waals surface area contributed by atoms with Gasteiger partial charge in [-0.15, -0.1) is 0 Å². The number of halogens is 33. The Bertz CT molecular complexity index is 1520. The fourth-order valence-electron chi connectivity index (χ4n) is 3.27. The molecule has 0 aliphatic carbocycles. The highest BCUT2D eigenvalue weighted by Crippen LogP contribution is 2.65. The molecule has 54 heavy (non-hydrogen) atoms. The van der Waals surface area contributed by atoms with Crippen molar-refractivity contribution in [2.75, 3.05) is 6.67 Å². The Morgan fingerprint density at radius 2 is 0.648 bits per heavy atom. The van der Waals surface area contributed by atoms with Crippen LogP contribution < -0.4 is 0 Å². The predicted molar refractivity (Wildman–Crippen MR) is 97.8 cm³/mol. The molecular weight excluding hydrogens is 883 g/mol. The Morgan fingerprint density at radius 3 is 0.926 bits per heavy atom. The van der Waals surface area contributed by atoms with E-state index in [2.05, 4.69) is 0 Å². The molecule has 1 rings (SSSR count). The quantitative estimate of drug-likeness (QED) is 0.170. The van der Waals surface area contributed by atoms with Crippen molar-refractivity contribution >= 4 is 0 Å². The van der Waals surface area contributed by atoms with Gasteiger partial charge in [-0.3, -0.25) is 0 Å². The zero-order valence-corrected chi connectivity index (χ0v) is 23.2. The summed E-state index contributed by atoms with van der Waals surface area (Å²) in [5.41, 5.74) is -10.3. The summed E-state index contributed by atoms with van der Waals surface area (Å²) in [6.07, 6.45) is -16.5. The van der Waals surface area contributed by atoms with E-state index in [1.54, 1.807) is 0 Å². The molecular formula is C19H3F33N2. The van der Waals surface area contributed by atoms with E-state index in [0.29, 0.717) is 5.10 Å². The maximum atomic E-state index is 14.7. The van der Waals surface area contributed by atoms with Crippen LogP contribution in [0.25, 0.3) is 0 Å². The first-order valence-electron chi connectivity index (χ1n) is 11.6. The molecule has 0 bridgehead atoms. The van der Waals surface area contributed by atoms with Crippen LogP contribution in [-0.4, -0.2) is 88.0 Å². The third-order valence-electron chi connectivity index (χ3n) is 6.49. The topological polar surface area (TPSA) is 17.8 Å². The number of hydrogen-bond donors (Lipinski definition) is 0. The van der Waals surface area contributed by atoms with E-state index in [0.717, 1.165) is 0 Å². The minimum absolute atomic E-state index is 0.492. The molecule has 0 N–H and O–H groups in total. The van der Waals surface area contributed by atoms with Gasteiger partial charge in [-0.05, 0) is 6.07 Å². The minimum Gasteiger partial charge on any atom is -0.244 e. The first-order valence-corrected chi connectivity index (χ1v) is 11.6. The molecule has 35 heteroatoms. The maximum absolute atomic E-state index is 14.7. The van der Waals surface area contributed by atoms with Crippen LogP contribution in [0.2, 0.25) is 0 Å². The molecule has 1 heterocycles. The molecule has 0 atom stereocenters. The van der Waals surface area contributed by atoms with Crippen molar-refractivity contribution in [2.45, 2.75) is 89.5 Å². The van der Waals surface area contributed by atoms with Gasteiger partial charge in [0.15, 0.2) is 6.67 Å². The van der Waals surface area contributed by atoms with Crippen LogP contribution >= 0.6 is 0 Å². The maximum Gasteiger partial charge on any atom is 0.460 e. The van der Waals surface area contributed by atoms with E-state index in [9.17, 15) is 145 Å². The van der Waals surface area contributed by atoms with Gasteiger partial charge < -0.3 is 0 Å². The summed E-state index contributed by atoms with van der Waals surface area (Å²) in [5.74, 6) is -105. The SMILES string of the molecule is FCC(F)(F)C(F)(F)C(F)(F)n1nc(C(F)(F)C(F)(F)C(F)(F)C(F)(F)C(F)(F)C(F)(F)F)cc1C(F)(F)C(F)(F)C(F)(F)C(F)(F)C(F)(F)C(F)(F)F. The summed E-state index contributed by atoms with van der Waals surface area (Å²) >= 11 is 0. The Hall–Kier alpha value is -3.10. The highest BCUT2D eigenvalue weighted by atomic mass is 19.4. The summed E-state index contributed by atoms with van der Waals surface area (Å²) < 4.78 is 442. The van der Waals surface area contributed by atoms with Crippen molar-refractivity contribution in [2.24, 2.45) is 0 Å². The molecule has 0 aromatic carbocycles. The third kappa shape index (κ3) is 5.90. The van der Waals surface area contributed by atoms with Gasteiger partial charge in [-0.1, -0.05) is 0 Å². The van der Waals surface area contributed by atoms with Crippen molar-refractivity contribution in [3.05, 3.63) is 17.5 Å². The Morgan fingerprint density at radius 1 is 0.370 bits per heavy atom. The Balaban J connectivity index is 4.54. The minimum atomic E-state index is -9.33. The highest BCUT2D eigenvalue weighted by Gasteiger charge is 2.93. The molecule has 0 spiro atoms. The largest absolute Gasteiger partial charge is 0.460 e. The number of nitrogens with zero attached hydrogens (tertiary/aromatic N) is 2. The number of hydrogen-bond acceptors (Lipinski definition) is 1. The molecule has 0 radical (unpaired) electrons. The van der Waals surface area contributed by atoms with Crippen molar-refractivity contribution in [1.82, 2.24) is 9.78 Å². The molecule has 0 fully saturated rings. The van der Waals surface area contributed by atoms with Crippen molar-refractivity contribution in [1.29, 1.82) is 0 Å². The third-order valence-corrected chi connectivity index (χ3v) is 6.49. The number of alkyl halides is 33. The van der Waals surface area contributed by atoms with Crippen molar-refractivity contribution < 1.29 is 145 Å². The van der Waals surface area contributed by atoms with Crippen LogP contribution in [-0.2, 0) is 17.9 Å². The summed E-state index contributed by atoms with van der Waals surface area (Å²) in [7, 11) is 0. The van der Waals surface area contributed by atoms with Crippen molar-refractivity contribution in [3.8, 4) is 0 Å². The zero-order valence-electron chi connectivity index (χ0n) is 23.2. The van der Waals surface area contributed by atoms with Crippen molar-refractivity contribution in [3.63, 3.8) is 0 Å². The monoisotopic (exact) mass is 886 g/mol. The Labute approximate surface area is 269 Å². The molecule has 0 aliphatic heterocycles. The smallest absolute Gasteiger partial charge is 0.244 e. The number of aromatic nitrogens is 2. The van der Waals surface area contributed by atoms with Crippen LogP contribution in [0.5, 0.6) is 0 Å². The van der Waals surface area contributed by atoms with E-state index < -0.39 is 118 Å². The van der Waals surface area contributed by atoms with Crippen LogP contribution in [0.15, 0.2) is 6.07 Å². The fraction of sp³-hybridized carbons (Fsp3) is 0.842. The van der Waals surface area contributed by atoms with Crippen LogP contribution in [0, 0.1) is 0 Å². The lowest BCUT2D eigenvalue weighted by Crippen LogP contribution is -2.69. The Kier molecular flexibility index (Phi) is 11.1. The van der Waals surface area contributed by atoms with Crippen LogP contribution in [0.1, 0.15) is 11.4 Å². The van der Waals surface area contributed by atoms with Gasteiger partial charge in [0, 0.05) is 0 Å². The number of rotatable bonds is 14. The average Bonchev–Trinajstić information content (AvgIpc) is 3.43. The zero-order chi connectivity index (χ0) is 44.4. The molecule has 0 saturated carbocycles. The van der Waals surface area contributed by atoms with E-state index in [1.165, 1.54) is 0 Å². The molecule has 0 amide bonds. The van der Waals surface area contributed by atoms with Gasteiger partial charge in [0.2, 0.25) is 0 Å². The second kappa shape index (κ2) is 12.2. The van der Waals surface area contributed by atoms with Gasteiger partial charge in [0.25, 0.3) is 0 Å². The molecule has 1 aromatic rings. The molecule has 0 aliphatic rings. The van der Waals surface area contributed by atoms with E-state index >= 15 is 0 Å². The molecule has 2 nitrogen and oxygen atoms in total. The molecule has 1 aromatic heterocycles. The van der Waals surface area contributed by atoms with Gasteiger partial charge in [-0.25, -0.2) is 4.39 Å². The summed E-state index contributed by atoms with van der Waals surface area (Å²) in [6, 6.07) is -11.4. The molecule has 0 saturated heterocycles. The lowest BCUT2D eigenvalue weighted by molar-refractivity contribution is -0.442. The van der Waals surface area contributed by atoms with Gasteiger partial charge in [0.1, 0.15) is 11.4 Å². The fourth-order valence-corrected chi connectivity index (χ4v) is 3.27. The summed E-state index contributed by atoms with van der Waals surface area (Å²) in [5, 5.41) is 0.492. The first-order chi connectivity index (χ1) is 22.9. The van der Waals surface area contributed by atoms with Gasteiger partial charge in [0.05, 0.1) is 0 Å². The highest BCUT2D eigenvalue weighted by molar-refractivity contribution is 5.28. The van der Waals surface area contributed by atoms with Gasteiger partial charge >= 0.3 is 89.5 Å². The second-order valence-electron chi connectivity index (χ2n) is 10.0. The van der Waals surface area contributed by atoms with E-state index in [1.807, 2.05) is 0 Å². The van der Waals surface area contributed by atoms with Gasteiger partial charge in [-0.2, -0.15) is 150 Å². The lowest BCUT2D eigenvalue weighted by atomic mass is 9.91. The van der Waals surface area contributed by atoms with E-state index in [-0.39, 0.29) is 0 Å². The molecule has 0 unspecified atom stereocenters. The van der Waals surface area contributed by atoms with Crippen LogP contribution in [0.3, 0.4) is 0 Å². The average molecular weight is 886 g/mol. The first kappa shape index (κ1) is 48.9. The summed E-state index contributed by atoms with van der Waals surface area (Å²) in [4.78, 5) is 0. The van der Waals surface area contributed by atoms with Crippen LogP contribution in [0.4, 0.5) is 145 Å². The standard InChI is InChI=1S/C19H3F33N2/c20-2-5(21,22)8(27,28)19(51,52)54-4(7(25,26)10(31,32)12(35,36)14(39,40)16(43,44)18(48,49)50)1-3(53-54)6(23,24)9(29,30)11(33,34)13(37,38)15(41,42)17(45,46)47/h1H,2H2. The normalized spacial score (nSPS) is 16.7. The van der Waals surface area contributed by atoms with E-state index in [4.69, 9.17) is 0 Å².